The molecule has 0 aliphatic rings. The fourth-order valence-corrected chi connectivity index (χ4v) is 1.96. The molecule has 2 aromatic rings. The molecule has 120 valence electrons. The first-order valence-electron chi connectivity index (χ1n) is 6.91. The van der Waals surface area contributed by atoms with E-state index in [0.717, 1.165) is 5.56 Å². The Kier molecular flexibility index (Phi) is 5.19. The summed E-state index contributed by atoms with van der Waals surface area (Å²) in [6, 6.07) is 11.5. The van der Waals surface area contributed by atoms with Crippen molar-refractivity contribution in [3.63, 3.8) is 0 Å². The molecule has 0 unspecified atom stereocenters. The van der Waals surface area contributed by atoms with Crippen LogP contribution >= 0.6 is 0 Å². The minimum atomic E-state index is -0.763. The number of esters is 1. The number of amides is 1. The molecule has 2 N–H and O–H groups in total. The number of aryl methyl sites for hydroxylation is 1. The van der Waals surface area contributed by atoms with Gasteiger partial charge in [0.15, 0.2) is 6.61 Å². The van der Waals surface area contributed by atoms with E-state index >= 15 is 0 Å². The highest BCUT2D eigenvalue weighted by Crippen LogP contribution is 2.23. The van der Waals surface area contributed by atoms with Gasteiger partial charge in [0.05, 0.1) is 12.8 Å². The van der Waals surface area contributed by atoms with Crippen LogP contribution in [0, 0.1) is 6.92 Å². The lowest BCUT2D eigenvalue weighted by Gasteiger charge is -2.10. The van der Waals surface area contributed by atoms with Gasteiger partial charge in [-0.2, -0.15) is 0 Å². The van der Waals surface area contributed by atoms with Gasteiger partial charge in [-0.1, -0.05) is 23.8 Å². The molecule has 0 bridgehead atoms. The average Bonchev–Trinajstić information content (AvgIpc) is 2.55. The fraction of sp³-hybridized carbons (Fsp3) is 0.176. The van der Waals surface area contributed by atoms with Crippen LogP contribution in [0.15, 0.2) is 42.5 Å². The number of aromatic hydroxyl groups is 1. The van der Waals surface area contributed by atoms with Crippen LogP contribution < -0.4 is 10.1 Å². The number of phenols is 1. The SMILES string of the molecule is COc1ccccc1NC(=O)COC(=O)c1cc(C)ccc1O. The Morgan fingerprint density at radius 2 is 1.91 bits per heavy atom. The van der Waals surface area contributed by atoms with Crippen LogP contribution in [0.25, 0.3) is 0 Å². The summed E-state index contributed by atoms with van der Waals surface area (Å²) in [5.74, 6) is -0.953. The van der Waals surface area contributed by atoms with Crippen molar-refractivity contribution in [3.8, 4) is 11.5 Å². The Morgan fingerprint density at radius 1 is 1.17 bits per heavy atom. The van der Waals surface area contributed by atoms with Crippen molar-refractivity contribution in [2.75, 3.05) is 19.0 Å². The lowest BCUT2D eigenvalue weighted by Crippen LogP contribution is -2.21. The smallest absolute Gasteiger partial charge is 0.342 e. The highest BCUT2D eigenvalue weighted by molar-refractivity contribution is 5.97. The summed E-state index contributed by atoms with van der Waals surface area (Å²) >= 11 is 0. The largest absolute Gasteiger partial charge is 0.507 e. The number of carbonyl (C=O) groups excluding carboxylic acids is 2. The molecular formula is C17H17NO5. The molecule has 0 saturated carbocycles. The zero-order valence-electron chi connectivity index (χ0n) is 12.8. The van der Waals surface area contributed by atoms with Crippen molar-refractivity contribution in [1.29, 1.82) is 0 Å². The number of nitrogens with one attached hydrogen (secondary N) is 1. The van der Waals surface area contributed by atoms with Gasteiger partial charge in [-0.05, 0) is 31.2 Å². The highest BCUT2D eigenvalue weighted by Gasteiger charge is 2.15. The summed E-state index contributed by atoms with van der Waals surface area (Å²) in [4.78, 5) is 23.8. The van der Waals surface area contributed by atoms with E-state index in [1.807, 2.05) is 0 Å². The predicted molar refractivity (Wildman–Crippen MR) is 84.8 cm³/mol. The van der Waals surface area contributed by atoms with Gasteiger partial charge in [-0.25, -0.2) is 4.79 Å². The molecule has 2 aromatic carbocycles. The molecule has 23 heavy (non-hydrogen) atoms. The molecule has 0 heterocycles. The average molecular weight is 315 g/mol. The van der Waals surface area contributed by atoms with Gasteiger partial charge >= 0.3 is 5.97 Å². The minimum Gasteiger partial charge on any atom is -0.507 e. The second kappa shape index (κ2) is 7.31. The van der Waals surface area contributed by atoms with E-state index in [2.05, 4.69) is 5.32 Å². The molecule has 0 spiro atoms. The predicted octanol–water partition coefficient (Wildman–Crippen LogP) is 2.50. The third-order valence-electron chi connectivity index (χ3n) is 3.09. The number of carbonyl (C=O) groups is 2. The zero-order chi connectivity index (χ0) is 16.8. The molecule has 0 aliphatic heterocycles. The first-order chi connectivity index (χ1) is 11.0. The Labute approximate surface area is 133 Å². The molecule has 0 radical (unpaired) electrons. The quantitative estimate of drug-likeness (QED) is 0.828. The molecule has 6 heteroatoms. The Hall–Kier alpha value is -3.02. The maximum absolute atomic E-state index is 11.9. The zero-order valence-corrected chi connectivity index (χ0v) is 12.8. The second-order valence-corrected chi connectivity index (χ2v) is 4.85. The fourth-order valence-electron chi connectivity index (χ4n) is 1.96. The maximum Gasteiger partial charge on any atom is 0.342 e. The lowest BCUT2D eigenvalue weighted by atomic mass is 10.1. The normalized spacial score (nSPS) is 10.0. The van der Waals surface area contributed by atoms with Crippen LogP contribution in [0.2, 0.25) is 0 Å². The van der Waals surface area contributed by atoms with Crippen LogP contribution in [0.1, 0.15) is 15.9 Å². The summed E-state index contributed by atoms with van der Waals surface area (Å²) in [6.07, 6.45) is 0. The molecule has 2 rings (SSSR count). The molecule has 0 saturated heterocycles. The Morgan fingerprint density at radius 3 is 2.65 bits per heavy atom. The molecule has 0 atom stereocenters. The van der Waals surface area contributed by atoms with Gasteiger partial charge in [0.25, 0.3) is 5.91 Å². The number of anilines is 1. The topological polar surface area (TPSA) is 84.9 Å². The van der Waals surface area contributed by atoms with Crippen LogP contribution in [-0.4, -0.2) is 30.7 Å². The first-order valence-corrected chi connectivity index (χ1v) is 6.91. The van der Waals surface area contributed by atoms with Gasteiger partial charge < -0.3 is 19.9 Å². The van der Waals surface area contributed by atoms with Crippen molar-refractivity contribution in [2.45, 2.75) is 6.92 Å². The molecular weight excluding hydrogens is 298 g/mol. The molecule has 0 aromatic heterocycles. The Balaban J connectivity index is 1.96. The summed E-state index contributed by atoms with van der Waals surface area (Å²) in [5.41, 5.74) is 1.30. The maximum atomic E-state index is 11.9. The Bertz CT molecular complexity index is 727. The molecule has 1 amide bonds. The number of rotatable bonds is 5. The number of phenolic OH excluding ortho intramolecular Hbond substituents is 1. The van der Waals surface area contributed by atoms with Crippen molar-refractivity contribution in [3.05, 3.63) is 53.6 Å². The highest BCUT2D eigenvalue weighted by atomic mass is 16.5. The van der Waals surface area contributed by atoms with E-state index < -0.39 is 18.5 Å². The van der Waals surface area contributed by atoms with E-state index in [1.165, 1.54) is 19.2 Å². The van der Waals surface area contributed by atoms with Gasteiger partial charge in [0.1, 0.15) is 17.1 Å². The van der Waals surface area contributed by atoms with Crippen molar-refractivity contribution in [1.82, 2.24) is 0 Å². The van der Waals surface area contributed by atoms with Crippen LogP contribution in [0.4, 0.5) is 5.69 Å². The van der Waals surface area contributed by atoms with Crippen molar-refractivity contribution in [2.24, 2.45) is 0 Å². The number of para-hydroxylation sites is 2. The second-order valence-electron chi connectivity index (χ2n) is 4.85. The lowest BCUT2D eigenvalue weighted by molar-refractivity contribution is -0.119. The van der Waals surface area contributed by atoms with E-state index in [0.29, 0.717) is 11.4 Å². The standard InChI is InChI=1S/C17H17NO5/c1-11-7-8-14(19)12(9-11)17(21)23-10-16(20)18-13-5-3-4-6-15(13)22-2/h3-9,19H,10H2,1-2H3,(H,18,20). The van der Waals surface area contributed by atoms with Crippen LogP contribution in [0.3, 0.4) is 0 Å². The van der Waals surface area contributed by atoms with Gasteiger partial charge in [-0.15, -0.1) is 0 Å². The van der Waals surface area contributed by atoms with E-state index in [-0.39, 0.29) is 11.3 Å². The van der Waals surface area contributed by atoms with E-state index in [1.54, 1.807) is 37.3 Å². The summed E-state index contributed by atoms with van der Waals surface area (Å²) in [6.45, 7) is 1.31. The summed E-state index contributed by atoms with van der Waals surface area (Å²) < 4.78 is 10.0. The summed E-state index contributed by atoms with van der Waals surface area (Å²) in [5, 5.41) is 12.2. The number of benzene rings is 2. The van der Waals surface area contributed by atoms with Gasteiger partial charge in [0, 0.05) is 0 Å². The van der Waals surface area contributed by atoms with Gasteiger partial charge in [-0.3, -0.25) is 4.79 Å². The third kappa shape index (κ3) is 4.23. The van der Waals surface area contributed by atoms with Crippen LogP contribution in [-0.2, 0) is 9.53 Å². The first kappa shape index (κ1) is 16.4. The monoisotopic (exact) mass is 315 g/mol. The number of hydrogen-bond donors (Lipinski definition) is 2. The van der Waals surface area contributed by atoms with E-state index in [9.17, 15) is 14.7 Å². The number of methoxy groups -OCH3 is 1. The van der Waals surface area contributed by atoms with Gasteiger partial charge in [0.2, 0.25) is 0 Å². The molecule has 0 fully saturated rings. The molecule has 0 aliphatic carbocycles. The summed E-state index contributed by atoms with van der Waals surface area (Å²) in [7, 11) is 1.49. The number of hydrogen-bond acceptors (Lipinski definition) is 5. The van der Waals surface area contributed by atoms with Crippen molar-refractivity contribution < 1.29 is 24.2 Å². The number of ether oxygens (including phenoxy) is 2. The van der Waals surface area contributed by atoms with E-state index in [4.69, 9.17) is 9.47 Å². The molecule has 6 nitrogen and oxygen atoms in total. The minimum absolute atomic E-state index is 0.0232. The third-order valence-corrected chi connectivity index (χ3v) is 3.09. The van der Waals surface area contributed by atoms with Crippen LogP contribution in [0.5, 0.6) is 11.5 Å². The van der Waals surface area contributed by atoms with Crippen molar-refractivity contribution >= 4 is 17.6 Å².